The molecule has 0 radical (unpaired) electrons. The van der Waals surface area contributed by atoms with Crippen molar-refractivity contribution in [3.8, 4) is 5.75 Å². The van der Waals surface area contributed by atoms with Gasteiger partial charge in [-0.3, -0.25) is 0 Å². The van der Waals surface area contributed by atoms with E-state index in [4.69, 9.17) is 10.8 Å². The Bertz CT molecular complexity index is 352. The van der Waals surface area contributed by atoms with E-state index < -0.39 is 6.04 Å². The highest BCUT2D eigenvalue weighted by molar-refractivity contribution is 9.10. The highest BCUT2D eigenvalue weighted by Gasteiger charge is 2.15. The van der Waals surface area contributed by atoms with Crippen LogP contribution in [0.1, 0.15) is 22.7 Å². The van der Waals surface area contributed by atoms with Crippen LogP contribution in [0.5, 0.6) is 5.75 Å². The van der Waals surface area contributed by atoms with Crippen molar-refractivity contribution in [3.05, 3.63) is 27.2 Å². The van der Waals surface area contributed by atoms with Gasteiger partial charge in [0.15, 0.2) is 0 Å². The molecule has 0 unspecified atom stereocenters. The molecule has 0 saturated heterocycles. The van der Waals surface area contributed by atoms with Crippen molar-refractivity contribution in [3.63, 3.8) is 0 Å². The van der Waals surface area contributed by atoms with Crippen LogP contribution >= 0.6 is 15.9 Å². The Morgan fingerprint density at radius 1 is 1.43 bits per heavy atom. The zero-order valence-electron chi connectivity index (χ0n) is 8.21. The normalized spacial score (nSPS) is 12.9. The van der Waals surface area contributed by atoms with Gasteiger partial charge >= 0.3 is 0 Å². The third-order valence-corrected chi connectivity index (χ3v) is 3.25. The van der Waals surface area contributed by atoms with Gasteiger partial charge in [-0.05, 0) is 31.0 Å². The lowest BCUT2D eigenvalue weighted by atomic mass is 10.00. The largest absolute Gasteiger partial charge is 0.507 e. The second kappa shape index (κ2) is 4.29. The standard InChI is InChI=1S/C10H14BrNO2/c1-5-6(2)10(14)7(3-8(5)11)9(12)4-13/h3,9,13-14H,4,12H2,1-2H3/t9-/m0/s1. The fraction of sp³-hybridized carbons (Fsp3) is 0.400. The lowest BCUT2D eigenvalue weighted by Crippen LogP contribution is -2.15. The molecule has 1 rings (SSSR count). The van der Waals surface area contributed by atoms with E-state index in [1.807, 2.05) is 13.8 Å². The van der Waals surface area contributed by atoms with Crippen molar-refractivity contribution >= 4 is 15.9 Å². The zero-order chi connectivity index (χ0) is 10.9. The van der Waals surface area contributed by atoms with Crippen LogP contribution in [0.15, 0.2) is 10.5 Å². The summed E-state index contributed by atoms with van der Waals surface area (Å²) >= 11 is 3.38. The third kappa shape index (κ3) is 1.92. The van der Waals surface area contributed by atoms with Gasteiger partial charge in [-0.2, -0.15) is 0 Å². The molecule has 0 aliphatic heterocycles. The van der Waals surface area contributed by atoms with E-state index in [1.54, 1.807) is 6.07 Å². The molecule has 3 nitrogen and oxygen atoms in total. The van der Waals surface area contributed by atoms with Gasteiger partial charge in [0, 0.05) is 10.0 Å². The predicted molar refractivity (Wildman–Crippen MR) is 59.3 cm³/mol. The van der Waals surface area contributed by atoms with Crippen LogP contribution in [0, 0.1) is 13.8 Å². The van der Waals surface area contributed by atoms with Crippen molar-refractivity contribution in [1.82, 2.24) is 0 Å². The van der Waals surface area contributed by atoms with Crippen LogP contribution < -0.4 is 5.73 Å². The van der Waals surface area contributed by atoms with Gasteiger partial charge in [-0.1, -0.05) is 15.9 Å². The fourth-order valence-corrected chi connectivity index (χ4v) is 1.81. The molecule has 1 aromatic carbocycles. The number of phenolic OH excluding ortho intramolecular Hbond substituents is 1. The monoisotopic (exact) mass is 259 g/mol. The summed E-state index contributed by atoms with van der Waals surface area (Å²) in [4.78, 5) is 0. The summed E-state index contributed by atoms with van der Waals surface area (Å²) in [5, 5.41) is 18.7. The number of aromatic hydroxyl groups is 1. The number of halogens is 1. The van der Waals surface area contributed by atoms with Crippen LogP contribution in [-0.2, 0) is 0 Å². The molecule has 1 atom stereocenters. The first-order valence-corrected chi connectivity index (χ1v) is 5.13. The summed E-state index contributed by atoms with van der Waals surface area (Å²) < 4.78 is 0.895. The maximum Gasteiger partial charge on any atom is 0.123 e. The van der Waals surface area contributed by atoms with Crippen LogP contribution in [0.2, 0.25) is 0 Å². The first-order valence-electron chi connectivity index (χ1n) is 4.34. The molecule has 0 aliphatic carbocycles. The van der Waals surface area contributed by atoms with Crippen molar-refractivity contribution in [2.24, 2.45) is 5.73 Å². The molecular weight excluding hydrogens is 246 g/mol. The average Bonchev–Trinajstić information content (AvgIpc) is 2.19. The van der Waals surface area contributed by atoms with Crippen LogP contribution in [0.4, 0.5) is 0 Å². The highest BCUT2D eigenvalue weighted by Crippen LogP contribution is 2.33. The molecule has 0 spiro atoms. The summed E-state index contributed by atoms with van der Waals surface area (Å²) in [6.07, 6.45) is 0. The van der Waals surface area contributed by atoms with Crippen molar-refractivity contribution in [2.75, 3.05) is 6.61 Å². The van der Waals surface area contributed by atoms with E-state index in [0.717, 1.165) is 15.6 Å². The number of nitrogens with two attached hydrogens (primary N) is 1. The second-order valence-electron chi connectivity index (χ2n) is 3.34. The van der Waals surface area contributed by atoms with E-state index >= 15 is 0 Å². The van der Waals surface area contributed by atoms with E-state index in [-0.39, 0.29) is 12.4 Å². The summed E-state index contributed by atoms with van der Waals surface area (Å²) in [6, 6.07) is 1.21. The Morgan fingerprint density at radius 2 is 2.00 bits per heavy atom. The second-order valence-corrected chi connectivity index (χ2v) is 4.19. The highest BCUT2D eigenvalue weighted by atomic mass is 79.9. The summed E-state index contributed by atoms with van der Waals surface area (Å²) in [5.41, 5.74) is 8.00. The van der Waals surface area contributed by atoms with Crippen LogP contribution in [-0.4, -0.2) is 16.8 Å². The molecule has 0 bridgehead atoms. The summed E-state index contributed by atoms with van der Waals surface area (Å²) in [7, 11) is 0. The number of aliphatic hydroxyl groups is 1. The summed E-state index contributed by atoms with van der Waals surface area (Å²) in [6.45, 7) is 3.55. The van der Waals surface area contributed by atoms with E-state index in [1.165, 1.54) is 0 Å². The molecule has 1 aromatic rings. The topological polar surface area (TPSA) is 66.5 Å². The Balaban J connectivity index is 3.33. The smallest absolute Gasteiger partial charge is 0.123 e. The summed E-state index contributed by atoms with van der Waals surface area (Å²) in [5.74, 6) is 0.173. The van der Waals surface area contributed by atoms with Crippen molar-refractivity contribution in [1.29, 1.82) is 0 Å². The van der Waals surface area contributed by atoms with Gasteiger partial charge in [0.2, 0.25) is 0 Å². The number of aliphatic hydroxyl groups excluding tert-OH is 1. The first kappa shape index (κ1) is 11.5. The SMILES string of the molecule is Cc1c(Br)cc([C@@H](N)CO)c(O)c1C. The Labute approximate surface area is 91.7 Å². The lowest BCUT2D eigenvalue weighted by molar-refractivity contribution is 0.265. The molecule has 0 aliphatic rings. The first-order chi connectivity index (χ1) is 6.49. The molecule has 0 saturated carbocycles. The van der Waals surface area contributed by atoms with Crippen molar-refractivity contribution in [2.45, 2.75) is 19.9 Å². The van der Waals surface area contributed by atoms with E-state index in [9.17, 15) is 5.11 Å². The van der Waals surface area contributed by atoms with Gasteiger partial charge in [0.25, 0.3) is 0 Å². The van der Waals surface area contributed by atoms with Crippen molar-refractivity contribution < 1.29 is 10.2 Å². The maximum absolute atomic E-state index is 9.79. The number of hydrogen-bond acceptors (Lipinski definition) is 3. The zero-order valence-corrected chi connectivity index (χ0v) is 9.80. The molecular formula is C10H14BrNO2. The molecule has 78 valence electrons. The van der Waals surface area contributed by atoms with Gasteiger partial charge in [0.1, 0.15) is 5.75 Å². The molecule has 14 heavy (non-hydrogen) atoms. The molecule has 0 amide bonds. The molecule has 4 heteroatoms. The van der Waals surface area contributed by atoms with Gasteiger partial charge < -0.3 is 15.9 Å². The van der Waals surface area contributed by atoms with Gasteiger partial charge in [-0.15, -0.1) is 0 Å². The van der Waals surface area contributed by atoms with E-state index in [0.29, 0.717) is 5.56 Å². The molecule has 0 fully saturated rings. The molecule has 0 heterocycles. The Hall–Kier alpha value is -0.580. The molecule has 0 aromatic heterocycles. The Morgan fingerprint density at radius 3 is 2.50 bits per heavy atom. The number of benzene rings is 1. The number of rotatable bonds is 2. The predicted octanol–water partition coefficient (Wildman–Crippen LogP) is 1.76. The van der Waals surface area contributed by atoms with E-state index in [2.05, 4.69) is 15.9 Å². The average molecular weight is 260 g/mol. The molecule has 4 N–H and O–H groups in total. The minimum Gasteiger partial charge on any atom is -0.507 e. The quantitative estimate of drug-likeness (QED) is 0.759. The van der Waals surface area contributed by atoms with Crippen LogP contribution in [0.3, 0.4) is 0 Å². The minimum absolute atomic E-state index is 0.173. The number of hydrogen-bond donors (Lipinski definition) is 3. The third-order valence-electron chi connectivity index (χ3n) is 2.43. The Kier molecular flexibility index (Phi) is 3.53. The van der Waals surface area contributed by atoms with Crippen LogP contribution in [0.25, 0.3) is 0 Å². The lowest BCUT2D eigenvalue weighted by Gasteiger charge is -2.15. The number of phenols is 1. The van der Waals surface area contributed by atoms with Gasteiger partial charge in [-0.25, -0.2) is 0 Å². The van der Waals surface area contributed by atoms with Gasteiger partial charge in [0.05, 0.1) is 12.6 Å². The fourth-order valence-electron chi connectivity index (χ4n) is 1.27. The minimum atomic E-state index is -0.536. The maximum atomic E-state index is 9.79.